The maximum Gasteiger partial charge on any atom is 0.191 e. The monoisotopic (exact) mass is 226 g/mol. The van der Waals surface area contributed by atoms with Gasteiger partial charge in [0.1, 0.15) is 11.6 Å². The third kappa shape index (κ3) is 2.97. The van der Waals surface area contributed by atoms with E-state index in [9.17, 15) is 0 Å². The van der Waals surface area contributed by atoms with Gasteiger partial charge in [-0.05, 0) is 12.3 Å². The van der Waals surface area contributed by atoms with E-state index in [0.29, 0.717) is 22.7 Å². The molecule has 1 aliphatic rings. The normalized spacial score (nSPS) is 20.7. The van der Waals surface area contributed by atoms with Crippen LogP contribution in [0.2, 0.25) is 0 Å². The fraction of sp³-hybridized carbons (Fsp3) is 0.556. The number of nitrogens with two attached hydrogens (primary N) is 2. The van der Waals surface area contributed by atoms with Crippen LogP contribution < -0.4 is 11.5 Å². The molecule has 4 N–H and O–H groups in total. The maximum absolute atomic E-state index is 5.57. The average Bonchev–Trinajstić information content (AvgIpc) is 2.65. The highest BCUT2D eigenvalue weighted by atomic mass is 32.2. The van der Waals surface area contributed by atoms with Crippen LogP contribution in [-0.4, -0.2) is 28.9 Å². The molecule has 1 aliphatic heterocycles. The molecule has 1 atom stereocenters. The first-order valence-corrected chi connectivity index (χ1v) is 5.83. The molecule has 1 aromatic heterocycles. The maximum atomic E-state index is 5.57. The lowest BCUT2D eigenvalue weighted by molar-refractivity contribution is 0.189. The molecule has 0 amide bonds. The lowest BCUT2D eigenvalue weighted by Gasteiger charge is -2.06. The summed E-state index contributed by atoms with van der Waals surface area (Å²) in [5, 5.41) is 0.652. The molecule has 0 aliphatic carbocycles. The number of anilines is 2. The van der Waals surface area contributed by atoms with E-state index in [-0.39, 0.29) is 0 Å². The molecule has 0 aromatic carbocycles. The molecular formula is C9H14N4OS. The van der Waals surface area contributed by atoms with Crippen LogP contribution in [0.25, 0.3) is 0 Å². The summed E-state index contributed by atoms with van der Waals surface area (Å²) in [7, 11) is 0. The van der Waals surface area contributed by atoms with Crippen molar-refractivity contribution in [3.63, 3.8) is 0 Å². The third-order valence-corrected chi connectivity index (χ3v) is 3.30. The quantitative estimate of drug-likeness (QED) is 0.584. The molecule has 1 aromatic rings. The summed E-state index contributed by atoms with van der Waals surface area (Å²) in [6.07, 6.45) is 1.12. The summed E-state index contributed by atoms with van der Waals surface area (Å²) in [6, 6.07) is 1.56. The van der Waals surface area contributed by atoms with Gasteiger partial charge in [0.15, 0.2) is 5.16 Å². The smallest absolute Gasteiger partial charge is 0.191 e. The van der Waals surface area contributed by atoms with Crippen LogP contribution in [0, 0.1) is 5.92 Å². The van der Waals surface area contributed by atoms with E-state index in [0.717, 1.165) is 25.4 Å². The second kappa shape index (κ2) is 4.67. The lowest BCUT2D eigenvalue weighted by Crippen LogP contribution is -2.04. The van der Waals surface area contributed by atoms with Gasteiger partial charge in [0.05, 0.1) is 6.61 Å². The number of thioether (sulfide) groups is 1. The highest BCUT2D eigenvalue weighted by Crippen LogP contribution is 2.23. The van der Waals surface area contributed by atoms with Crippen molar-refractivity contribution in [2.45, 2.75) is 11.6 Å². The lowest BCUT2D eigenvalue weighted by atomic mass is 10.2. The zero-order chi connectivity index (χ0) is 10.7. The van der Waals surface area contributed by atoms with Gasteiger partial charge < -0.3 is 16.2 Å². The first kappa shape index (κ1) is 10.5. The standard InChI is InChI=1S/C9H14N4OS/c10-7-3-8(11)13-9(12-7)15-5-6-1-2-14-4-6/h3,6H,1-2,4-5H2,(H4,10,11,12,13). The molecule has 0 saturated carbocycles. The Labute approximate surface area is 92.6 Å². The molecule has 0 radical (unpaired) electrons. The van der Waals surface area contributed by atoms with Crippen molar-refractivity contribution in [3.05, 3.63) is 6.07 Å². The van der Waals surface area contributed by atoms with Crippen LogP contribution >= 0.6 is 11.8 Å². The molecule has 5 nitrogen and oxygen atoms in total. The Balaban J connectivity index is 1.92. The number of rotatable bonds is 3. The SMILES string of the molecule is Nc1cc(N)nc(SCC2CCOC2)n1. The highest BCUT2D eigenvalue weighted by molar-refractivity contribution is 7.99. The molecule has 0 spiro atoms. The fourth-order valence-corrected chi connectivity index (χ4v) is 2.42. The molecule has 6 heteroatoms. The predicted octanol–water partition coefficient (Wildman–Crippen LogP) is 0.770. The number of hydrogen-bond acceptors (Lipinski definition) is 6. The number of aromatic nitrogens is 2. The van der Waals surface area contributed by atoms with Gasteiger partial charge in [-0.15, -0.1) is 0 Å². The average molecular weight is 226 g/mol. The van der Waals surface area contributed by atoms with E-state index in [2.05, 4.69) is 9.97 Å². The summed E-state index contributed by atoms with van der Waals surface area (Å²) < 4.78 is 5.29. The number of nitrogens with zero attached hydrogens (tertiary/aromatic N) is 2. The molecule has 1 saturated heterocycles. The summed E-state index contributed by atoms with van der Waals surface area (Å²) in [5.41, 5.74) is 11.1. The van der Waals surface area contributed by atoms with Gasteiger partial charge in [-0.25, -0.2) is 9.97 Å². The van der Waals surface area contributed by atoms with Gasteiger partial charge in [-0.3, -0.25) is 0 Å². The molecule has 15 heavy (non-hydrogen) atoms. The number of hydrogen-bond donors (Lipinski definition) is 2. The summed E-state index contributed by atoms with van der Waals surface area (Å²) >= 11 is 1.58. The Morgan fingerprint density at radius 1 is 1.40 bits per heavy atom. The fourth-order valence-electron chi connectivity index (χ4n) is 1.43. The minimum absolute atomic E-state index is 0.424. The van der Waals surface area contributed by atoms with Crippen LogP contribution in [0.15, 0.2) is 11.2 Å². The van der Waals surface area contributed by atoms with Crippen molar-refractivity contribution in [2.75, 3.05) is 30.4 Å². The van der Waals surface area contributed by atoms with E-state index in [1.54, 1.807) is 17.8 Å². The molecular weight excluding hydrogens is 212 g/mol. The second-order valence-electron chi connectivity index (χ2n) is 3.54. The molecule has 1 fully saturated rings. The first-order chi connectivity index (χ1) is 7.24. The van der Waals surface area contributed by atoms with Crippen LogP contribution in [0.4, 0.5) is 11.6 Å². The predicted molar refractivity (Wildman–Crippen MR) is 60.5 cm³/mol. The van der Waals surface area contributed by atoms with Gasteiger partial charge in [0, 0.05) is 18.4 Å². The largest absolute Gasteiger partial charge is 0.383 e. The molecule has 2 heterocycles. The summed E-state index contributed by atoms with van der Waals surface area (Å²) in [6.45, 7) is 1.70. The highest BCUT2D eigenvalue weighted by Gasteiger charge is 2.16. The molecule has 0 bridgehead atoms. The van der Waals surface area contributed by atoms with E-state index >= 15 is 0 Å². The number of ether oxygens (including phenoxy) is 1. The van der Waals surface area contributed by atoms with Crippen LogP contribution in [0.5, 0.6) is 0 Å². The van der Waals surface area contributed by atoms with Crippen molar-refractivity contribution < 1.29 is 4.74 Å². The summed E-state index contributed by atoms with van der Waals surface area (Å²) in [4.78, 5) is 8.21. The van der Waals surface area contributed by atoms with Gasteiger partial charge in [-0.2, -0.15) is 0 Å². The zero-order valence-corrected chi connectivity index (χ0v) is 9.17. The van der Waals surface area contributed by atoms with Gasteiger partial charge in [-0.1, -0.05) is 11.8 Å². The summed E-state index contributed by atoms with van der Waals surface area (Å²) in [5.74, 6) is 2.41. The zero-order valence-electron chi connectivity index (χ0n) is 8.35. The Morgan fingerprint density at radius 2 is 2.13 bits per heavy atom. The van der Waals surface area contributed by atoms with Crippen molar-refractivity contribution in [3.8, 4) is 0 Å². The van der Waals surface area contributed by atoms with Crippen molar-refractivity contribution in [1.29, 1.82) is 0 Å². The van der Waals surface area contributed by atoms with Crippen LogP contribution in [-0.2, 0) is 4.74 Å². The Morgan fingerprint density at radius 3 is 2.73 bits per heavy atom. The van der Waals surface area contributed by atoms with Gasteiger partial charge in [0.2, 0.25) is 0 Å². The Bertz CT molecular complexity index is 321. The van der Waals surface area contributed by atoms with Crippen molar-refractivity contribution >= 4 is 23.4 Å². The minimum Gasteiger partial charge on any atom is -0.383 e. The van der Waals surface area contributed by atoms with Gasteiger partial charge in [0.25, 0.3) is 0 Å². The van der Waals surface area contributed by atoms with Crippen molar-refractivity contribution in [2.24, 2.45) is 5.92 Å². The first-order valence-electron chi connectivity index (χ1n) is 4.84. The minimum atomic E-state index is 0.424. The second-order valence-corrected chi connectivity index (χ2v) is 4.53. The van der Waals surface area contributed by atoms with Crippen molar-refractivity contribution in [1.82, 2.24) is 9.97 Å². The molecule has 1 unspecified atom stereocenters. The van der Waals surface area contributed by atoms with Crippen LogP contribution in [0.1, 0.15) is 6.42 Å². The number of nitrogen functional groups attached to an aromatic ring is 2. The molecule has 2 rings (SSSR count). The van der Waals surface area contributed by atoms with E-state index < -0.39 is 0 Å². The van der Waals surface area contributed by atoms with Crippen LogP contribution in [0.3, 0.4) is 0 Å². The Hall–Kier alpha value is -1.01. The van der Waals surface area contributed by atoms with E-state index in [1.807, 2.05) is 0 Å². The Kier molecular flexibility index (Phi) is 3.27. The third-order valence-electron chi connectivity index (χ3n) is 2.22. The van der Waals surface area contributed by atoms with Gasteiger partial charge >= 0.3 is 0 Å². The topological polar surface area (TPSA) is 87.1 Å². The van der Waals surface area contributed by atoms with E-state index in [1.165, 1.54) is 0 Å². The molecule has 82 valence electrons. The van der Waals surface area contributed by atoms with E-state index in [4.69, 9.17) is 16.2 Å².